The summed E-state index contributed by atoms with van der Waals surface area (Å²) in [6, 6.07) is 17.1. The zero-order chi connectivity index (χ0) is 20.1. The lowest BCUT2D eigenvalue weighted by Gasteiger charge is -2.42. The van der Waals surface area contributed by atoms with Gasteiger partial charge in [0, 0.05) is 12.6 Å². The third-order valence-corrected chi connectivity index (χ3v) is 6.42. The Kier molecular flexibility index (Phi) is 6.46. The van der Waals surface area contributed by atoms with Crippen molar-refractivity contribution in [3.05, 3.63) is 71.3 Å². The van der Waals surface area contributed by atoms with Crippen LogP contribution >= 0.6 is 0 Å². The maximum atomic E-state index is 13.9. The molecule has 28 heavy (non-hydrogen) atoms. The Morgan fingerprint density at radius 2 is 1.86 bits per heavy atom. The minimum Gasteiger partial charge on any atom is -0.299 e. The van der Waals surface area contributed by atoms with Gasteiger partial charge < -0.3 is 0 Å². The molecule has 0 amide bonds. The highest BCUT2D eigenvalue weighted by atomic mass is 19.2. The Hall–Kier alpha value is -2.25. The largest absolute Gasteiger partial charge is 0.299 e. The maximum Gasteiger partial charge on any atom is 0.159 e. The highest BCUT2D eigenvalue weighted by Gasteiger charge is 2.44. The molecule has 0 heterocycles. The van der Waals surface area contributed by atoms with Crippen molar-refractivity contribution in [2.45, 2.75) is 57.0 Å². The molecule has 0 aliphatic heterocycles. The lowest BCUT2D eigenvalue weighted by atomic mass is 9.60. The standard InChI is InChI=1S/C24H28F2N2/c1-18(28(2)16-19-7-4-3-5-8-19)13-14-24(17-27,20-9-6-10-20)21-11-12-22(25)23(26)15-21/h3-5,7-8,11-12,15,18,20H,6,9-10,13-14,16H2,1-2H3. The molecule has 0 N–H and O–H groups in total. The Balaban J connectivity index is 1.74. The van der Waals surface area contributed by atoms with Gasteiger partial charge in [0.2, 0.25) is 0 Å². The summed E-state index contributed by atoms with van der Waals surface area (Å²) in [5.74, 6) is -1.51. The zero-order valence-electron chi connectivity index (χ0n) is 16.7. The molecular formula is C24H28F2N2. The summed E-state index contributed by atoms with van der Waals surface area (Å²) in [6.07, 6.45) is 4.52. The molecule has 2 atom stereocenters. The number of hydrogen-bond acceptors (Lipinski definition) is 2. The molecule has 4 heteroatoms. The Morgan fingerprint density at radius 3 is 2.43 bits per heavy atom. The van der Waals surface area contributed by atoms with E-state index < -0.39 is 17.0 Å². The molecule has 2 aromatic rings. The fourth-order valence-corrected chi connectivity index (χ4v) is 4.15. The number of rotatable bonds is 8. The molecule has 3 rings (SSSR count). The number of nitriles is 1. The van der Waals surface area contributed by atoms with E-state index in [1.165, 1.54) is 11.6 Å². The van der Waals surface area contributed by atoms with Gasteiger partial charge >= 0.3 is 0 Å². The number of nitrogens with zero attached hydrogens (tertiary/aromatic N) is 2. The molecule has 148 valence electrons. The third kappa shape index (κ3) is 4.25. The van der Waals surface area contributed by atoms with Gasteiger partial charge in [-0.3, -0.25) is 4.90 Å². The topological polar surface area (TPSA) is 27.0 Å². The van der Waals surface area contributed by atoms with Crippen LogP contribution in [0.25, 0.3) is 0 Å². The molecule has 2 nitrogen and oxygen atoms in total. The average Bonchev–Trinajstić information content (AvgIpc) is 2.66. The van der Waals surface area contributed by atoms with E-state index in [9.17, 15) is 14.0 Å². The van der Waals surface area contributed by atoms with Gasteiger partial charge in [0.1, 0.15) is 0 Å². The molecule has 1 saturated carbocycles. The van der Waals surface area contributed by atoms with Crippen molar-refractivity contribution in [3.63, 3.8) is 0 Å². The van der Waals surface area contributed by atoms with Crippen molar-refractivity contribution < 1.29 is 8.78 Å². The lowest BCUT2D eigenvalue weighted by Crippen LogP contribution is -2.40. The Labute approximate surface area is 166 Å². The van der Waals surface area contributed by atoms with Crippen LogP contribution < -0.4 is 0 Å². The first-order valence-corrected chi connectivity index (χ1v) is 10.1. The van der Waals surface area contributed by atoms with Gasteiger partial charge in [0.05, 0.1) is 11.5 Å². The second-order valence-electron chi connectivity index (χ2n) is 8.13. The smallest absolute Gasteiger partial charge is 0.159 e. The molecule has 0 spiro atoms. The predicted octanol–water partition coefficient (Wildman–Crippen LogP) is 5.83. The predicted molar refractivity (Wildman–Crippen MR) is 108 cm³/mol. The third-order valence-electron chi connectivity index (χ3n) is 6.42. The van der Waals surface area contributed by atoms with Gasteiger partial charge in [-0.1, -0.05) is 42.8 Å². The first-order valence-electron chi connectivity index (χ1n) is 10.1. The molecule has 2 unspecified atom stereocenters. The fraction of sp³-hybridized carbons (Fsp3) is 0.458. The number of hydrogen-bond donors (Lipinski definition) is 0. The summed E-state index contributed by atoms with van der Waals surface area (Å²) in [4.78, 5) is 2.28. The first kappa shape index (κ1) is 20.5. The van der Waals surface area contributed by atoms with E-state index in [-0.39, 0.29) is 12.0 Å². The van der Waals surface area contributed by atoms with E-state index in [4.69, 9.17) is 0 Å². The van der Waals surface area contributed by atoms with Crippen LogP contribution in [0.1, 0.15) is 50.2 Å². The minimum atomic E-state index is -0.870. The normalized spacial score (nSPS) is 17.6. The van der Waals surface area contributed by atoms with Crippen LogP contribution in [-0.2, 0) is 12.0 Å². The quantitative estimate of drug-likeness (QED) is 0.574. The van der Waals surface area contributed by atoms with Crippen LogP contribution in [0.15, 0.2) is 48.5 Å². The Morgan fingerprint density at radius 1 is 1.14 bits per heavy atom. The van der Waals surface area contributed by atoms with E-state index >= 15 is 0 Å². The van der Waals surface area contributed by atoms with Crippen LogP contribution in [0.2, 0.25) is 0 Å². The second-order valence-corrected chi connectivity index (χ2v) is 8.13. The Bertz CT molecular complexity index is 826. The average molecular weight is 382 g/mol. The van der Waals surface area contributed by atoms with Crippen LogP contribution in [-0.4, -0.2) is 18.0 Å². The highest BCUT2D eigenvalue weighted by molar-refractivity contribution is 5.35. The van der Waals surface area contributed by atoms with Crippen LogP contribution in [0.4, 0.5) is 8.78 Å². The second kappa shape index (κ2) is 8.84. The van der Waals surface area contributed by atoms with Gasteiger partial charge in [-0.05, 0) is 68.8 Å². The van der Waals surface area contributed by atoms with Gasteiger partial charge in [-0.2, -0.15) is 5.26 Å². The summed E-state index contributed by atoms with van der Waals surface area (Å²) in [6.45, 7) is 3.01. The van der Waals surface area contributed by atoms with Gasteiger partial charge in [-0.15, -0.1) is 0 Å². The van der Waals surface area contributed by atoms with Crippen LogP contribution in [0.3, 0.4) is 0 Å². The summed E-state index contributed by atoms with van der Waals surface area (Å²) in [5.41, 5.74) is 1.13. The van der Waals surface area contributed by atoms with Crippen molar-refractivity contribution in [1.82, 2.24) is 4.90 Å². The zero-order valence-corrected chi connectivity index (χ0v) is 16.7. The summed E-state index contributed by atoms with van der Waals surface area (Å²) in [5, 5.41) is 10.1. The molecule has 0 bridgehead atoms. The summed E-state index contributed by atoms with van der Waals surface area (Å²) in [7, 11) is 2.09. The highest BCUT2D eigenvalue weighted by Crippen LogP contribution is 2.47. The first-order chi connectivity index (χ1) is 13.5. The molecular weight excluding hydrogens is 354 g/mol. The van der Waals surface area contributed by atoms with Crippen LogP contribution in [0.5, 0.6) is 0 Å². The van der Waals surface area contributed by atoms with Gasteiger partial charge in [0.25, 0.3) is 0 Å². The van der Waals surface area contributed by atoms with E-state index in [0.29, 0.717) is 12.0 Å². The monoisotopic (exact) mass is 382 g/mol. The molecule has 1 fully saturated rings. The van der Waals surface area contributed by atoms with Gasteiger partial charge in [-0.25, -0.2) is 8.78 Å². The molecule has 0 saturated heterocycles. The molecule has 1 aliphatic carbocycles. The van der Waals surface area contributed by atoms with Crippen LogP contribution in [0, 0.1) is 28.9 Å². The van der Waals surface area contributed by atoms with Crippen molar-refractivity contribution >= 4 is 0 Å². The fourth-order valence-electron chi connectivity index (χ4n) is 4.15. The van der Waals surface area contributed by atoms with E-state index in [1.54, 1.807) is 6.07 Å². The van der Waals surface area contributed by atoms with Crippen molar-refractivity contribution in [3.8, 4) is 6.07 Å². The maximum absolute atomic E-state index is 13.9. The molecule has 2 aromatic carbocycles. The van der Waals surface area contributed by atoms with E-state index in [2.05, 4.69) is 37.1 Å². The molecule has 1 aliphatic rings. The van der Waals surface area contributed by atoms with Gasteiger partial charge in [0.15, 0.2) is 11.6 Å². The van der Waals surface area contributed by atoms with E-state index in [1.807, 2.05) is 18.2 Å². The lowest BCUT2D eigenvalue weighted by molar-refractivity contribution is 0.169. The summed E-state index contributed by atoms with van der Waals surface area (Å²) < 4.78 is 27.4. The molecule has 0 radical (unpaired) electrons. The summed E-state index contributed by atoms with van der Waals surface area (Å²) >= 11 is 0. The minimum absolute atomic E-state index is 0.217. The van der Waals surface area contributed by atoms with Crippen molar-refractivity contribution in [2.75, 3.05) is 7.05 Å². The number of halogens is 2. The number of benzene rings is 2. The van der Waals surface area contributed by atoms with E-state index in [0.717, 1.165) is 38.3 Å². The van der Waals surface area contributed by atoms with Crippen molar-refractivity contribution in [2.24, 2.45) is 5.92 Å². The van der Waals surface area contributed by atoms with Crippen molar-refractivity contribution in [1.29, 1.82) is 5.26 Å². The SMILES string of the molecule is CC(CCC(C#N)(c1ccc(F)c(F)c1)C1CCC1)N(C)Cc1ccccc1. The molecule has 0 aromatic heterocycles.